The molecule has 4 unspecified atom stereocenters. The summed E-state index contributed by atoms with van der Waals surface area (Å²) in [4.78, 5) is 46.7. The quantitative estimate of drug-likeness (QED) is 0.521. The molecule has 1 aliphatic heterocycles. The van der Waals surface area contributed by atoms with Crippen LogP contribution in [-0.2, 0) is 38.1 Å². The Bertz CT molecular complexity index is 745. The second kappa shape index (κ2) is 8.83. The summed E-state index contributed by atoms with van der Waals surface area (Å²) >= 11 is 0. The van der Waals surface area contributed by atoms with Crippen LogP contribution in [0.15, 0.2) is 30.3 Å². The van der Waals surface area contributed by atoms with E-state index in [9.17, 15) is 19.2 Å². The molecule has 0 aliphatic carbocycles. The second-order valence-corrected chi connectivity index (χ2v) is 6.45. The molecule has 0 bridgehead atoms. The number of rotatable bonds is 6. The topological polar surface area (TPSA) is 114 Å². The summed E-state index contributed by atoms with van der Waals surface area (Å²) in [5, 5.41) is 0. The van der Waals surface area contributed by atoms with Crippen molar-refractivity contribution in [2.75, 3.05) is 6.61 Å². The molecule has 1 fully saturated rings. The normalized spacial score (nSPS) is 26.2. The summed E-state index contributed by atoms with van der Waals surface area (Å²) in [7, 11) is 0. The van der Waals surface area contributed by atoms with Crippen LogP contribution in [0, 0.1) is 0 Å². The summed E-state index contributed by atoms with van der Waals surface area (Å²) in [6.45, 7) is 4.63. The van der Waals surface area contributed by atoms with Crippen molar-refractivity contribution in [1.29, 1.82) is 0 Å². The highest BCUT2D eigenvalue weighted by molar-refractivity contribution is 5.89. The van der Waals surface area contributed by atoms with Crippen LogP contribution in [0.4, 0.5) is 0 Å². The van der Waals surface area contributed by atoms with Crippen molar-refractivity contribution in [3.8, 4) is 0 Å². The van der Waals surface area contributed by atoms with Crippen LogP contribution in [0.3, 0.4) is 0 Å². The fourth-order valence-electron chi connectivity index (χ4n) is 2.81. The van der Waals surface area contributed by atoms with E-state index in [1.807, 2.05) is 0 Å². The van der Waals surface area contributed by atoms with Crippen LogP contribution in [0.2, 0.25) is 0 Å². The minimum atomic E-state index is -1.42. The second-order valence-electron chi connectivity index (χ2n) is 6.45. The van der Waals surface area contributed by atoms with Gasteiger partial charge >= 0.3 is 23.9 Å². The van der Waals surface area contributed by atoms with Crippen LogP contribution in [0.1, 0.15) is 38.1 Å². The number of carbonyl (C=O) groups excluding carboxylic acids is 4. The summed E-state index contributed by atoms with van der Waals surface area (Å²) in [6.07, 6.45) is -3.71. The van der Waals surface area contributed by atoms with Crippen LogP contribution in [0.5, 0.6) is 0 Å². The first-order valence-electron chi connectivity index (χ1n) is 8.54. The van der Waals surface area contributed by atoms with Crippen molar-refractivity contribution < 1.29 is 42.9 Å². The van der Waals surface area contributed by atoms with E-state index in [0.717, 1.165) is 13.8 Å². The molecule has 28 heavy (non-hydrogen) atoms. The molecule has 152 valence electrons. The Morgan fingerprint density at radius 3 is 2.04 bits per heavy atom. The van der Waals surface area contributed by atoms with Gasteiger partial charge in [-0.15, -0.1) is 0 Å². The SMILES string of the molecule is CC(=O)OC1OC(C)(COC(=O)c2ccccc2)C(OC(C)=O)C1OC(C)=O. The third-order valence-corrected chi connectivity index (χ3v) is 3.93. The Morgan fingerprint density at radius 2 is 1.50 bits per heavy atom. The van der Waals surface area contributed by atoms with E-state index in [1.165, 1.54) is 13.8 Å². The number of esters is 4. The van der Waals surface area contributed by atoms with Gasteiger partial charge in [-0.2, -0.15) is 0 Å². The third kappa shape index (κ3) is 5.29. The van der Waals surface area contributed by atoms with E-state index in [2.05, 4.69) is 0 Å². The maximum absolute atomic E-state index is 12.2. The highest BCUT2D eigenvalue weighted by Gasteiger charge is 2.59. The van der Waals surface area contributed by atoms with Gasteiger partial charge in [-0.3, -0.25) is 14.4 Å². The van der Waals surface area contributed by atoms with Crippen LogP contribution < -0.4 is 0 Å². The van der Waals surface area contributed by atoms with Gasteiger partial charge in [0.2, 0.25) is 12.4 Å². The zero-order chi connectivity index (χ0) is 20.9. The average Bonchev–Trinajstić information content (AvgIpc) is 2.84. The maximum atomic E-state index is 12.2. The van der Waals surface area contributed by atoms with Gasteiger partial charge in [-0.1, -0.05) is 18.2 Å². The van der Waals surface area contributed by atoms with Gasteiger partial charge in [0, 0.05) is 20.8 Å². The fourth-order valence-corrected chi connectivity index (χ4v) is 2.81. The van der Waals surface area contributed by atoms with E-state index >= 15 is 0 Å². The maximum Gasteiger partial charge on any atom is 0.338 e. The van der Waals surface area contributed by atoms with Crippen molar-refractivity contribution in [3.63, 3.8) is 0 Å². The van der Waals surface area contributed by atoms with E-state index in [-0.39, 0.29) is 6.61 Å². The Hall–Kier alpha value is -2.94. The minimum absolute atomic E-state index is 0.321. The molecule has 1 aliphatic rings. The zero-order valence-corrected chi connectivity index (χ0v) is 16.0. The predicted molar refractivity (Wildman–Crippen MR) is 92.9 cm³/mol. The van der Waals surface area contributed by atoms with E-state index in [0.29, 0.717) is 5.56 Å². The number of hydrogen-bond acceptors (Lipinski definition) is 9. The first kappa shape index (κ1) is 21.4. The van der Waals surface area contributed by atoms with Gasteiger partial charge in [0.1, 0.15) is 12.2 Å². The summed E-state index contributed by atoms with van der Waals surface area (Å²) in [6, 6.07) is 8.27. The highest BCUT2D eigenvalue weighted by Crippen LogP contribution is 2.36. The lowest BCUT2D eigenvalue weighted by atomic mass is 9.98. The number of benzene rings is 1. The smallest absolute Gasteiger partial charge is 0.338 e. The molecule has 2 rings (SSSR count). The molecule has 1 aromatic rings. The van der Waals surface area contributed by atoms with Gasteiger partial charge < -0.3 is 23.7 Å². The van der Waals surface area contributed by atoms with Crippen molar-refractivity contribution in [2.24, 2.45) is 0 Å². The summed E-state index contributed by atoms with van der Waals surface area (Å²) in [5.74, 6) is -2.66. The number of carbonyl (C=O) groups is 4. The highest BCUT2D eigenvalue weighted by atomic mass is 16.8. The number of ether oxygens (including phenoxy) is 5. The predicted octanol–water partition coefficient (Wildman–Crippen LogP) is 1.38. The largest absolute Gasteiger partial charge is 0.459 e. The zero-order valence-electron chi connectivity index (χ0n) is 16.0. The monoisotopic (exact) mass is 394 g/mol. The Balaban J connectivity index is 2.23. The van der Waals surface area contributed by atoms with Gasteiger partial charge in [0.05, 0.1) is 5.56 Å². The molecule has 9 nitrogen and oxygen atoms in total. The molecule has 0 spiro atoms. The molecule has 0 N–H and O–H groups in total. The Morgan fingerprint density at radius 1 is 0.929 bits per heavy atom. The van der Waals surface area contributed by atoms with Crippen LogP contribution in [-0.4, -0.2) is 54.6 Å². The van der Waals surface area contributed by atoms with Crippen molar-refractivity contribution in [1.82, 2.24) is 0 Å². The first-order valence-corrected chi connectivity index (χ1v) is 8.54. The van der Waals surface area contributed by atoms with E-state index in [4.69, 9.17) is 23.7 Å². The van der Waals surface area contributed by atoms with E-state index < -0.39 is 48.0 Å². The summed E-state index contributed by atoms with van der Waals surface area (Å²) in [5.41, 5.74) is -1.10. The molecule has 1 heterocycles. The average molecular weight is 394 g/mol. The summed E-state index contributed by atoms with van der Waals surface area (Å²) < 4.78 is 26.5. The molecule has 0 amide bonds. The van der Waals surface area contributed by atoms with Crippen LogP contribution >= 0.6 is 0 Å². The minimum Gasteiger partial charge on any atom is -0.459 e. The van der Waals surface area contributed by atoms with Crippen molar-refractivity contribution in [2.45, 2.75) is 51.8 Å². The van der Waals surface area contributed by atoms with Crippen molar-refractivity contribution >= 4 is 23.9 Å². The van der Waals surface area contributed by atoms with Gasteiger partial charge in [0.15, 0.2) is 6.10 Å². The molecule has 1 aromatic carbocycles. The third-order valence-electron chi connectivity index (χ3n) is 3.93. The fraction of sp³-hybridized carbons (Fsp3) is 0.474. The molecule has 0 radical (unpaired) electrons. The van der Waals surface area contributed by atoms with Gasteiger partial charge in [0.25, 0.3) is 0 Å². The number of hydrogen-bond donors (Lipinski definition) is 0. The molecule has 0 saturated carbocycles. The lowest BCUT2D eigenvalue weighted by Crippen LogP contribution is -2.48. The Labute approximate surface area is 161 Å². The molecule has 0 aromatic heterocycles. The van der Waals surface area contributed by atoms with Crippen molar-refractivity contribution in [3.05, 3.63) is 35.9 Å². The van der Waals surface area contributed by atoms with Crippen LogP contribution in [0.25, 0.3) is 0 Å². The standard InChI is InChI=1S/C19H22O9/c1-11(20)25-15-16(26-12(2)21)19(4,28-18(15)27-13(3)22)10-24-17(23)14-8-6-5-7-9-14/h5-9,15-16,18H,10H2,1-4H3. The molecule has 1 saturated heterocycles. The molecule has 4 atom stereocenters. The lowest BCUT2D eigenvalue weighted by molar-refractivity contribution is -0.206. The van der Waals surface area contributed by atoms with Gasteiger partial charge in [-0.05, 0) is 19.1 Å². The Kier molecular flexibility index (Phi) is 6.74. The lowest BCUT2D eigenvalue weighted by Gasteiger charge is -2.29. The molecular weight excluding hydrogens is 372 g/mol. The van der Waals surface area contributed by atoms with E-state index in [1.54, 1.807) is 30.3 Å². The molecular formula is C19H22O9. The van der Waals surface area contributed by atoms with Gasteiger partial charge in [-0.25, -0.2) is 4.79 Å². The molecule has 9 heteroatoms. The first-order chi connectivity index (χ1) is 13.1.